The maximum atomic E-state index is 4.95. The van der Waals surface area contributed by atoms with E-state index in [0.29, 0.717) is 34.9 Å². The van der Waals surface area contributed by atoms with Gasteiger partial charge in [0.05, 0.1) is 55.3 Å². The van der Waals surface area contributed by atoms with Gasteiger partial charge in [0.2, 0.25) is 0 Å². The van der Waals surface area contributed by atoms with E-state index in [9.17, 15) is 0 Å². The molecule has 0 bridgehead atoms. The number of benzene rings is 21. The van der Waals surface area contributed by atoms with Crippen LogP contribution in [0.4, 0.5) is 0 Å². The molecule has 684 valence electrons. The number of fused-ring (bicyclic) bond motifs is 18. The summed E-state index contributed by atoms with van der Waals surface area (Å²) in [5.41, 5.74) is 36.0. The maximum absolute atomic E-state index is 4.95. The molecule has 7 aromatic heterocycles. The van der Waals surface area contributed by atoms with Crippen LogP contribution in [-0.4, -0.2) is 52.7 Å². The summed E-state index contributed by atoms with van der Waals surface area (Å²) in [6, 6.07) is 189. The number of aromatic nitrogens is 11. The van der Waals surface area contributed by atoms with Crippen LogP contribution in [0, 0.1) is 0 Å². The molecule has 0 fully saturated rings. The fraction of sp³-hybridized carbons (Fsp3) is 0.00741. The van der Waals surface area contributed by atoms with Gasteiger partial charge in [0, 0.05) is 122 Å². The Balaban J connectivity index is 0.000000109. The van der Waals surface area contributed by atoms with Crippen molar-refractivity contribution in [3.63, 3.8) is 0 Å². The SMILES string of the molecule is c1ccc(-c2cc(-c3ccccc3)cc(-c3ccc(-n4c5c(c6ccccc64)C(c4ccccc4)c4ccccc4-5)cc3)c2)cc1.c1ccc(-c2nc(-c3ccccc3)nc(-c3ccc(-n4c5ccccc5c5c6c7ccccc7n(-c7ccccc7)c6ccc54)cc3)n2)cc1.c1ccc(-c2nc(-c3ccccc3)nc(-c3ccc(-n4c5ccccc5c5cc6c7ccccc7n(-c7ccccc7)c6cc54)cc3)n2)cc1. The lowest BCUT2D eigenvalue weighted by Gasteiger charge is -2.15. The van der Waals surface area contributed by atoms with E-state index in [-0.39, 0.29) is 5.92 Å². The molecule has 0 spiro atoms. The number of hydrogen-bond donors (Lipinski definition) is 0. The summed E-state index contributed by atoms with van der Waals surface area (Å²) in [5.74, 6) is 4.09. The highest BCUT2D eigenvalue weighted by atomic mass is 15.1. The van der Waals surface area contributed by atoms with Gasteiger partial charge >= 0.3 is 0 Å². The van der Waals surface area contributed by atoms with Gasteiger partial charge in [-0.1, -0.05) is 376 Å². The minimum absolute atomic E-state index is 0.204. The summed E-state index contributed by atoms with van der Waals surface area (Å²) in [7, 11) is 0. The quantitative estimate of drug-likeness (QED) is 0.101. The maximum Gasteiger partial charge on any atom is 0.164 e. The zero-order valence-corrected chi connectivity index (χ0v) is 79.3. The van der Waals surface area contributed by atoms with Crippen LogP contribution in [-0.2, 0) is 0 Å². The minimum atomic E-state index is 0.204. The zero-order valence-electron chi connectivity index (χ0n) is 79.3. The van der Waals surface area contributed by atoms with E-state index in [1.165, 1.54) is 149 Å². The molecule has 1 aliphatic carbocycles. The number of nitrogens with zero attached hydrogens (tertiary/aromatic N) is 11. The third-order valence-corrected chi connectivity index (χ3v) is 28.6. The molecule has 0 aliphatic heterocycles. The first-order valence-corrected chi connectivity index (χ1v) is 49.6. The monoisotopic (exact) mass is 1860 g/mol. The van der Waals surface area contributed by atoms with E-state index < -0.39 is 0 Å². The molecule has 11 nitrogen and oxygen atoms in total. The molecule has 0 saturated carbocycles. The zero-order chi connectivity index (χ0) is 96.5. The summed E-state index contributed by atoms with van der Waals surface area (Å²) >= 11 is 0. The van der Waals surface area contributed by atoms with Crippen LogP contribution in [0.15, 0.2) is 534 Å². The molecule has 1 atom stereocenters. The lowest BCUT2D eigenvalue weighted by molar-refractivity contribution is 1.02. The third-order valence-electron chi connectivity index (χ3n) is 28.6. The standard InChI is InChI=1S/2C45H29N5.C45H31N/c1-4-14-30(15-5-1)43-46-44(31-16-6-2-7-17-31)48-45(47-43)32-24-26-34(27-25-32)50-40-23-13-11-21-36(40)38-28-37-35-20-10-12-22-39(35)49(41(37)29-42(38)50)33-18-8-3-9-19-33;1-4-14-30(15-5-1)43-46-44(31-16-6-2-7-17-31)48-45(47-43)32-24-26-34(27-25-32)50-38-23-13-11-21-36(38)42-40(50)29-28-39-41(42)35-20-10-12-22-37(35)49(39)33-18-8-3-9-19-33;1-4-14-31(15-5-1)35-28-36(32-16-6-2-7-17-32)30-37(29-35)33-24-26-38(27-25-33)46-42-23-13-12-22-41(42)44-43(34-18-8-3-9-19-34)39-20-10-11-21-40(39)45(44)46/h2*1-29H;1-30,43H. The molecular weight excluding hydrogens is 1780 g/mol. The van der Waals surface area contributed by atoms with Gasteiger partial charge in [-0.05, 0) is 208 Å². The van der Waals surface area contributed by atoms with E-state index in [1.54, 1.807) is 0 Å². The van der Waals surface area contributed by atoms with Crippen molar-refractivity contribution in [3.8, 4) is 141 Å². The van der Waals surface area contributed by atoms with Crippen molar-refractivity contribution in [2.45, 2.75) is 5.92 Å². The van der Waals surface area contributed by atoms with Crippen molar-refractivity contribution >= 4 is 98.1 Å². The fourth-order valence-corrected chi connectivity index (χ4v) is 22.0. The smallest absolute Gasteiger partial charge is 0.164 e. The third kappa shape index (κ3) is 15.2. The molecule has 0 N–H and O–H groups in total. The van der Waals surface area contributed by atoms with Gasteiger partial charge < -0.3 is 22.8 Å². The van der Waals surface area contributed by atoms with E-state index in [4.69, 9.17) is 29.9 Å². The van der Waals surface area contributed by atoms with Crippen molar-refractivity contribution in [2.75, 3.05) is 0 Å². The summed E-state index contributed by atoms with van der Waals surface area (Å²) in [6.07, 6.45) is 0. The molecule has 0 saturated heterocycles. The Morgan fingerprint density at radius 1 is 0.151 bits per heavy atom. The number of para-hydroxylation sites is 7. The molecule has 146 heavy (non-hydrogen) atoms. The van der Waals surface area contributed by atoms with Gasteiger partial charge in [-0.2, -0.15) is 0 Å². The van der Waals surface area contributed by atoms with Crippen molar-refractivity contribution in [3.05, 3.63) is 551 Å². The molecule has 29 rings (SSSR count). The Morgan fingerprint density at radius 3 is 0.774 bits per heavy atom. The fourth-order valence-electron chi connectivity index (χ4n) is 22.0. The van der Waals surface area contributed by atoms with Crippen molar-refractivity contribution in [2.24, 2.45) is 0 Å². The minimum Gasteiger partial charge on any atom is -0.309 e. The summed E-state index contributed by atoms with van der Waals surface area (Å²) in [4.78, 5) is 29.5. The summed E-state index contributed by atoms with van der Waals surface area (Å²) in [6.45, 7) is 0. The van der Waals surface area contributed by atoms with Gasteiger partial charge in [-0.15, -0.1) is 0 Å². The molecule has 1 unspecified atom stereocenters. The Hall–Kier alpha value is -19.6. The van der Waals surface area contributed by atoms with Gasteiger partial charge in [0.1, 0.15) is 0 Å². The van der Waals surface area contributed by atoms with E-state index in [1.807, 2.05) is 121 Å². The molecule has 28 aromatic rings. The Labute approximate surface area is 842 Å². The highest BCUT2D eigenvalue weighted by Crippen LogP contribution is 2.54. The molecule has 21 aromatic carbocycles. The average molecular weight is 1870 g/mol. The molecule has 0 radical (unpaired) electrons. The van der Waals surface area contributed by atoms with Gasteiger partial charge in [-0.25, -0.2) is 29.9 Å². The van der Waals surface area contributed by atoms with Crippen LogP contribution < -0.4 is 0 Å². The van der Waals surface area contributed by atoms with Crippen LogP contribution >= 0.6 is 0 Å². The first-order valence-electron chi connectivity index (χ1n) is 49.6. The van der Waals surface area contributed by atoms with Crippen LogP contribution in [0.3, 0.4) is 0 Å². The van der Waals surface area contributed by atoms with Crippen LogP contribution in [0.25, 0.3) is 240 Å². The summed E-state index contributed by atoms with van der Waals surface area (Å²) in [5, 5.41) is 11.2. The Kier molecular flexibility index (Phi) is 21.4. The van der Waals surface area contributed by atoms with Gasteiger partial charge in [0.25, 0.3) is 0 Å². The van der Waals surface area contributed by atoms with Crippen LogP contribution in [0.5, 0.6) is 0 Å². The molecule has 1 aliphatic rings. The first-order chi connectivity index (χ1) is 72.4. The van der Waals surface area contributed by atoms with Crippen molar-refractivity contribution in [1.82, 2.24) is 52.7 Å². The van der Waals surface area contributed by atoms with Gasteiger partial charge in [-0.3, -0.25) is 0 Å². The van der Waals surface area contributed by atoms with E-state index in [0.717, 1.165) is 72.7 Å². The normalized spacial score (nSPS) is 12.2. The Bertz CT molecular complexity index is 9620. The highest BCUT2D eigenvalue weighted by Gasteiger charge is 2.36. The summed E-state index contributed by atoms with van der Waals surface area (Å²) < 4.78 is 12.0. The predicted molar refractivity (Wildman–Crippen MR) is 602 cm³/mol. The van der Waals surface area contributed by atoms with Crippen molar-refractivity contribution < 1.29 is 0 Å². The van der Waals surface area contributed by atoms with Crippen molar-refractivity contribution in [1.29, 1.82) is 0 Å². The van der Waals surface area contributed by atoms with E-state index in [2.05, 4.69) is 435 Å². The molecule has 11 heteroatoms. The average Bonchev–Trinajstić information content (AvgIpc) is 1.55. The lowest BCUT2D eigenvalue weighted by atomic mass is 9.88. The molecular formula is C135H89N11. The number of hydrogen-bond acceptors (Lipinski definition) is 6. The molecule has 0 amide bonds. The van der Waals surface area contributed by atoms with Crippen LogP contribution in [0.1, 0.15) is 22.6 Å². The second-order valence-electron chi connectivity index (χ2n) is 37.1. The topological polar surface area (TPSA) is 102 Å². The molecule has 7 heterocycles. The lowest BCUT2D eigenvalue weighted by Crippen LogP contribution is -2.00. The van der Waals surface area contributed by atoms with Crippen LogP contribution in [0.2, 0.25) is 0 Å². The number of rotatable bonds is 15. The Morgan fingerprint density at radius 2 is 0.404 bits per heavy atom. The highest BCUT2D eigenvalue weighted by molar-refractivity contribution is 6.29. The predicted octanol–water partition coefficient (Wildman–Crippen LogP) is 33.9. The second kappa shape index (κ2) is 36.5. The van der Waals surface area contributed by atoms with E-state index >= 15 is 0 Å². The van der Waals surface area contributed by atoms with Gasteiger partial charge in [0.15, 0.2) is 34.9 Å². The second-order valence-corrected chi connectivity index (χ2v) is 37.1. The largest absolute Gasteiger partial charge is 0.309 e. The first kappa shape index (κ1) is 85.6.